The highest BCUT2D eigenvalue weighted by atomic mass is 16.3. The molecule has 5 nitrogen and oxygen atoms in total. The van der Waals surface area contributed by atoms with Crippen molar-refractivity contribution < 1.29 is 9.90 Å². The molecular formula is C13H21N3O2. The SMILES string of the molecule is CC(C)CNC(=O)CN(C)c1ncccc1CO. The molecule has 1 heterocycles. The molecule has 0 aliphatic heterocycles. The molecule has 1 amide bonds. The summed E-state index contributed by atoms with van der Waals surface area (Å²) < 4.78 is 0. The summed E-state index contributed by atoms with van der Waals surface area (Å²) in [7, 11) is 1.79. The number of nitrogens with one attached hydrogen (secondary N) is 1. The van der Waals surface area contributed by atoms with Crippen molar-refractivity contribution in [3.05, 3.63) is 23.9 Å². The molecule has 1 aromatic heterocycles. The molecule has 0 saturated heterocycles. The Labute approximate surface area is 108 Å². The summed E-state index contributed by atoms with van der Waals surface area (Å²) in [5, 5.41) is 12.1. The second kappa shape index (κ2) is 6.96. The lowest BCUT2D eigenvalue weighted by Crippen LogP contribution is -2.37. The van der Waals surface area contributed by atoms with Crippen molar-refractivity contribution in [1.82, 2.24) is 10.3 Å². The smallest absolute Gasteiger partial charge is 0.239 e. The van der Waals surface area contributed by atoms with Crippen molar-refractivity contribution in [2.75, 3.05) is 25.0 Å². The molecule has 0 saturated carbocycles. The Balaban J connectivity index is 2.59. The van der Waals surface area contributed by atoms with Gasteiger partial charge in [0.05, 0.1) is 13.2 Å². The van der Waals surface area contributed by atoms with E-state index >= 15 is 0 Å². The predicted molar refractivity (Wildman–Crippen MR) is 71.3 cm³/mol. The molecule has 0 aliphatic rings. The van der Waals surface area contributed by atoms with Crippen LogP contribution in [0.4, 0.5) is 5.82 Å². The monoisotopic (exact) mass is 251 g/mol. The van der Waals surface area contributed by atoms with Crippen LogP contribution >= 0.6 is 0 Å². The van der Waals surface area contributed by atoms with Gasteiger partial charge in [-0.3, -0.25) is 4.79 Å². The van der Waals surface area contributed by atoms with Crippen LogP contribution in [0.1, 0.15) is 19.4 Å². The van der Waals surface area contributed by atoms with Crippen molar-refractivity contribution >= 4 is 11.7 Å². The van der Waals surface area contributed by atoms with E-state index in [0.717, 1.165) is 5.56 Å². The normalized spacial score (nSPS) is 10.5. The molecule has 0 radical (unpaired) electrons. The van der Waals surface area contributed by atoms with Crippen LogP contribution in [-0.4, -0.2) is 36.1 Å². The minimum atomic E-state index is -0.0822. The zero-order valence-corrected chi connectivity index (χ0v) is 11.2. The molecule has 0 spiro atoms. The van der Waals surface area contributed by atoms with Gasteiger partial charge in [-0.1, -0.05) is 19.9 Å². The van der Waals surface area contributed by atoms with Crippen molar-refractivity contribution in [2.24, 2.45) is 5.92 Å². The number of nitrogens with zero attached hydrogens (tertiary/aromatic N) is 2. The first-order valence-electron chi connectivity index (χ1n) is 6.07. The van der Waals surface area contributed by atoms with E-state index in [-0.39, 0.29) is 19.1 Å². The lowest BCUT2D eigenvalue weighted by atomic mass is 10.2. The summed E-state index contributed by atoms with van der Waals surface area (Å²) in [6, 6.07) is 3.56. The average molecular weight is 251 g/mol. The number of hydrogen-bond donors (Lipinski definition) is 2. The standard InChI is InChI=1S/C13H21N3O2/c1-10(2)7-15-12(18)8-16(3)13-11(9-17)5-4-6-14-13/h4-6,10,17H,7-9H2,1-3H3,(H,15,18). The van der Waals surface area contributed by atoms with Crippen LogP contribution in [-0.2, 0) is 11.4 Å². The molecule has 2 N–H and O–H groups in total. The Kier molecular flexibility index (Phi) is 5.58. The first-order chi connectivity index (χ1) is 8.54. The van der Waals surface area contributed by atoms with E-state index in [9.17, 15) is 9.90 Å². The minimum absolute atomic E-state index is 0.0410. The maximum atomic E-state index is 11.7. The minimum Gasteiger partial charge on any atom is -0.392 e. The summed E-state index contributed by atoms with van der Waals surface area (Å²) in [5.41, 5.74) is 0.719. The molecule has 18 heavy (non-hydrogen) atoms. The average Bonchev–Trinajstić information content (AvgIpc) is 2.36. The van der Waals surface area contributed by atoms with Gasteiger partial charge in [-0.25, -0.2) is 4.98 Å². The number of amides is 1. The number of anilines is 1. The molecule has 1 aromatic rings. The molecule has 0 bridgehead atoms. The van der Waals surface area contributed by atoms with E-state index in [1.165, 1.54) is 0 Å². The first kappa shape index (κ1) is 14.4. The van der Waals surface area contributed by atoms with Crippen LogP contribution in [0.2, 0.25) is 0 Å². The van der Waals surface area contributed by atoms with Crippen molar-refractivity contribution in [3.63, 3.8) is 0 Å². The van der Waals surface area contributed by atoms with Gasteiger partial charge in [-0.05, 0) is 12.0 Å². The fraction of sp³-hybridized carbons (Fsp3) is 0.538. The van der Waals surface area contributed by atoms with Gasteiger partial charge in [0, 0.05) is 25.4 Å². The Morgan fingerprint density at radius 3 is 2.89 bits per heavy atom. The van der Waals surface area contributed by atoms with E-state index in [1.54, 1.807) is 30.3 Å². The van der Waals surface area contributed by atoms with Gasteiger partial charge in [0.1, 0.15) is 5.82 Å². The third-order valence-electron chi connectivity index (χ3n) is 2.49. The number of pyridine rings is 1. The van der Waals surface area contributed by atoms with Crippen molar-refractivity contribution in [2.45, 2.75) is 20.5 Å². The molecule has 0 fully saturated rings. The quantitative estimate of drug-likeness (QED) is 0.784. The largest absolute Gasteiger partial charge is 0.392 e. The Morgan fingerprint density at radius 2 is 2.28 bits per heavy atom. The highest BCUT2D eigenvalue weighted by Gasteiger charge is 2.11. The highest BCUT2D eigenvalue weighted by Crippen LogP contribution is 2.14. The van der Waals surface area contributed by atoms with Crippen molar-refractivity contribution in [3.8, 4) is 0 Å². The number of carbonyl (C=O) groups is 1. The molecular weight excluding hydrogens is 230 g/mol. The van der Waals surface area contributed by atoms with Gasteiger partial charge in [-0.15, -0.1) is 0 Å². The summed E-state index contributed by atoms with van der Waals surface area (Å²) in [6.45, 7) is 4.92. The van der Waals surface area contributed by atoms with Gasteiger partial charge >= 0.3 is 0 Å². The third kappa shape index (κ3) is 4.33. The third-order valence-corrected chi connectivity index (χ3v) is 2.49. The number of carbonyl (C=O) groups excluding carboxylic acids is 1. The number of likely N-dealkylation sites (N-methyl/N-ethyl adjacent to an activating group) is 1. The molecule has 0 atom stereocenters. The topological polar surface area (TPSA) is 65.5 Å². The van der Waals surface area contributed by atoms with E-state index in [1.807, 2.05) is 13.8 Å². The van der Waals surface area contributed by atoms with E-state index in [2.05, 4.69) is 10.3 Å². The van der Waals surface area contributed by atoms with E-state index in [0.29, 0.717) is 18.3 Å². The van der Waals surface area contributed by atoms with E-state index in [4.69, 9.17) is 0 Å². The van der Waals surface area contributed by atoms with Gasteiger partial charge in [0.2, 0.25) is 5.91 Å². The highest BCUT2D eigenvalue weighted by molar-refractivity contribution is 5.81. The lowest BCUT2D eigenvalue weighted by molar-refractivity contribution is -0.119. The van der Waals surface area contributed by atoms with Crippen LogP contribution in [0.15, 0.2) is 18.3 Å². The van der Waals surface area contributed by atoms with Crippen LogP contribution in [0.5, 0.6) is 0 Å². The van der Waals surface area contributed by atoms with Gasteiger partial charge in [-0.2, -0.15) is 0 Å². The van der Waals surface area contributed by atoms with Gasteiger partial charge in [0.25, 0.3) is 0 Å². The second-order valence-electron chi connectivity index (χ2n) is 4.70. The molecule has 5 heteroatoms. The first-order valence-corrected chi connectivity index (χ1v) is 6.07. The number of aliphatic hydroxyl groups excluding tert-OH is 1. The van der Waals surface area contributed by atoms with Crippen molar-refractivity contribution in [1.29, 1.82) is 0 Å². The fourth-order valence-electron chi connectivity index (χ4n) is 1.56. The van der Waals surface area contributed by atoms with Crippen LogP contribution < -0.4 is 10.2 Å². The molecule has 1 rings (SSSR count). The number of aromatic nitrogens is 1. The number of hydrogen-bond acceptors (Lipinski definition) is 4. The zero-order valence-electron chi connectivity index (χ0n) is 11.2. The maximum Gasteiger partial charge on any atom is 0.239 e. The Morgan fingerprint density at radius 1 is 1.56 bits per heavy atom. The summed E-state index contributed by atoms with van der Waals surface area (Å²) >= 11 is 0. The predicted octanol–water partition coefficient (Wildman–Crippen LogP) is 0.782. The zero-order chi connectivity index (χ0) is 13.5. The fourth-order valence-corrected chi connectivity index (χ4v) is 1.56. The molecule has 100 valence electrons. The molecule has 0 unspecified atom stereocenters. The van der Waals surface area contributed by atoms with Crippen LogP contribution in [0, 0.1) is 5.92 Å². The second-order valence-corrected chi connectivity index (χ2v) is 4.70. The Hall–Kier alpha value is -1.62. The van der Waals surface area contributed by atoms with Crippen LogP contribution in [0.3, 0.4) is 0 Å². The summed E-state index contributed by atoms with van der Waals surface area (Å²) in [4.78, 5) is 17.6. The number of aliphatic hydroxyl groups is 1. The van der Waals surface area contributed by atoms with Crippen LogP contribution in [0.25, 0.3) is 0 Å². The van der Waals surface area contributed by atoms with Gasteiger partial charge < -0.3 is 15.3 Å². The molecule has 0 aliphatic carbocycles. The van der Waals surface area contributed by atoms with E-state index < -0.39 is 0 Å². The lowest BCUT2D eigenvalue weighted by Gasteiger charge is -2.20. The van der Waals surface area contributed by atoms with Gasteiger partial charge in [0.15, 0.2) is 0 Å². The maximum absolute atomic E-state index is 11.7. The number of rotatable bonds is 6. The molecule has 0 aromatic carbocycles. The summed E-state index contributed by atoms with van der Waals surface area (Å²) in [6.07, 6.45) is 1.65. The summed E-state index contributed by atoms with van der Waals surface area (Å²) in [5.74, 6) is 1.03. The Bertz CT molecular complexity index is 394.